The third-order valence-electron chi connectivity index (χ3n) is 6.92. The Balaban J connectivity index is 1.43. The molecule has 5 heterocycles. The van der Waals surface area contributed by atoms with E-state index in [1.54, 1.807) is 18.5 Å². The van der Waals surface area contributed by atoms with Crippen LogP contribution >= 0.6 is 0 Å². The molecular formula is C28H27FN8. The Bertz CT molecular complexity index is 1530. The van der Waals surface area contributed by atoms with Crippen LogP contribution in [-0.4, -0.2) is 44.1 Å². The number of allylic oxidation sites excluding steroid dienone is 4. The van der Waals surface area contributed by atoms with E-state index in [1.807, 2.05) is 24.4 Å². The summed E-state index contributed by atoms with van der Waals surface area (Å²) < 4.78 is 13.3. The van der Waals surface area contributed by atoms with E-state index in [2.05, 4.69) is 56.9 Å². The van der Waals surface area contributed by atoms with Gasteiger partial charge in [-0.25, -0.2) is 24.3 Å². The number of pyridine rings is 3. The summed E-state index contributed by atoms with van der Waals surface area (Å²) >= 11 is 0. The Kier molecular flexibility index (Phi) is 5.84. The molecule has 9 heteroatoms. The van der Waals surface area contributed by atoms with Crippen LogP contribution in [0.3, 0.4) is 0 Å². The summed E-state index contributed by atoms with van der Waals surface area (Å²) in [6.07, 6.45) is 13.7. The van der Waals surface area contributed by atoms with Gasteiger partial charge in [0, 0.05) is 36.1 Å². The summed E-state index contributed by atoms with van der Waals surface area (Å²) in [5.41, 5.74) is 3.74. The lowest BCUT2D eigenvalue weighted by atomic mass is 9.80. The van der Waals surface area contributed by atoms with Crippen molar-refractivity contribution in [2.45, 2.75) is 26.3 Å². The van der Waals surface area contributed by atoms with Crippen LogP contribution in [-0.2, 0) is 0 Å². The first-order valence-electron chi connectivity index (χ1n) is 12.3. The lowest BCUT2D eigenvalue weighted by Crippen LogP contribution is -2.49. The van der Waals surface area contributed by atoms with E-state index >= 15 is 0 Å². The molecule has 0 aromatic carbocycles. The van der Waals surface area contributed by atoms with Crippen LogP contribution in [0.15, 0.2) is 67.3 Å². The van der Waals surface area contributed by atoms with Gasteiger partial charge in [0.15, 0.2) is 5.82 Å². The largest absolute Gasteiger partial charge is 0.366 e. The summed E-state index contributed by atoms with van der Waals surface area (Å²) in [5, 5.41) is 11.4. The highest BCUT2D eigenvalue weighted by molar-refractivity contribution is 6.02. The molecule has 0 bridgehead atoms. The van der Waals surface area contributed by atoms with Crippen molar-refractivity contribution in [3.63, 3.8) is 0 Å². The number of halogens is 1. The maximum Gasteiger partial charge on any atom is 0.162 e. The molecule has 2 aliphatic rings. The van der Waals surface area contributed by atoms with Crippen molar-refractivity contribution in [3.05, 3.63) is 78.7 Å². The minimum absolute atomic E-state index is 0.0500. The van der Waals surface area contributed by atoms with Crippen LogP contribution < -0.4 is 16.0 Å². The number of rotatable bonds is 6. The average molecular weight is 495 g/mol. The molecule has 37 heavy (non-hydrogen) atoms. The molecule has 4 aromatic rings. The van der Waals surface area contributed by atoms with E-state index in [4.69, 9.17) is 9.97 Å². The first-order valence-corrected chi connectivity index (χ1v) is 12.3. The summed E-state index contributed by atoms with van der Waals surface area (Å²) in [6.45, 7) is 6.42. The molecule has 6 rings (SSSR count). The number of fused-ring (bicyclic) bond motifs is 1. The minimum Gasteiger partial charge on any atom is -0.366 e. The number of nitrogens with one attached hydrogen (secondary N) is 3. The summed E-state index contributed by atoms with van der Waals surface area (Å²) in [5.74, 6) is 2.03. The van der Waals surface area contributed by atoms with Gasteiger partial charge in [0.2, 0.25) is 0 Å². The zero-order valence-corrected chi connectivity index (χ0v) is 20.7. The molecule has 1 fully saturated rings. The van der Waals surface area contributed by atoms with Gasteiger partial charge in [-0.3, -0.25) is 4.98 Å². The first kappa shape index (κ1) is 23.2. The number of nitrogens with zero attached hydrogens (tertiary/aromatic N) is 5. The highest BCUT2D eigenvalue weighted by Crippen LogP contribution is 2.36. The Morgan fingerprint density at radius 2 is 1.95 bits per heavy atom. The predicted octanol–water partition coefficient (Wildman–Crippen LogP) is 5.12. The Morgan fingerprint density at radius 1 is 1.05 bits per heavy atom. The molecule has 8 nitrogen and oxygen atoms in total. The molecule has 0 amide bonds. The van der Waals surface area contributed by atoms with Crippen LogP contribution in [0.5, 0.6) is 0 Å². The van der Waals surface area contributed by atoms with E-state index in [1.165, 1.54) is 6.07 Å². The molecule has 1 aliphatic heterocycles. The van der Waals surface area contributed by atoms with E-state index in [9.17, 15) is 4.39 Å². The van der Waals surface area contributed by atoms with Gasteiger partial charge in [-0.1, -0.05) is 32.1 Å². The molecule has 1 aliphatic carbocycles. The zero-order valence-electron chi connectivity index (χ0n) is 20.7. The van der Waals surface area contributed by atoms with Crippen LogP contribution in [0, 0.1) is 11.2 Å². The Morgan fingerprint density at radius 3 is 2.70 bits per heavy atom. The molecule has 0 spiro atoms. The quantitative estimate of drug-likeness (QED) is 0.340. The lowest BCUT2D eigenvalue weighted by molar-refractivity contribution is 0.236. The second-order valence-electron chi connectivity index (χ2n) is 10.0. The second-order valence-corrected chi connectivity index (χ2v) is 10.0. The lowest BCUT2D eigenvalue weighted by Gasteiger charge is -2.40. The number of anilines is 3. The standard InChI is InChI=1S/C28H27FN8/c1-28(2)16-30-10-9-22(28)35-27-25-20(17-4-3-5-17)14-31-15-21(25)34-26(37-27)18-8-11-32-24(12-18)36-23-7-6-19(29)13-33-23/h3-8,11-15,22,30H,9-10,16H2,1-2H3,(H,32,33,36)(H,34,35,37). The van der Waals surface area contributed by atoms with Crippen LogP contribution in [0.4, 0.5) is 21.8 Å². The number of piperidine rings is 1. The van der Waals surface area contributed by atoms with Crippen LogP contribution in [0.2, 0.25) is 0 Å². The third-order valence-corrected chi connectivity index (χ3v) is 6.92. The fourth-order valence-corrected chi connectivity index (χ4v) is 4.73. The summed E-state index contributed by atoms with van der Waals surface area (Å²) in [6, 6.07) is 6.89. The average Bonchev–Trinajstić information content (AvgIpc) is 2.86. The molecule has 0 saturated carbocycles. The monoisotopic (exact) mass is 494 g/mol. The maximum atomic E-state index is 13.3. The predicted molar refractivity (Wildman–Crippen MR) is 144 cm³/mol. The number of hydrogen-bond acceptors (Lipinski definition) is 8. The summed E-state index contributed by atoms with van der Waals surface area (Å²) in [4.78, 5) is 22.9. The van der Waals surface area contributed by atoms with E-state index < -0.39 is 5.82 Å². The van der Waals surface area contributed by atoms with Crippen molar-refractivity contribution >= 4 is 33.9 Å². The van der Waals surface area contributed by atoms with Gasteiger partial charge < -0.3 is 16.0 Å². The van der Waals surface area contributed by atoms with Gasteiger partial charge in [0.05, 0.1) is 23.3 Å². The fourth-order valence-electron chi connectivity index (χ4n) is 4.73. The Labute approximate surface area is 214 Å². The van der Waals surface area contributed by atoms with Gasteiger partial charge in [-0.05, 0) is 48.2 Å². The third kappa shape index (κ3) is 4.65. The van der Waals surface area contributed by atoms with Crippen molar-refractivity contribution in [2.75, 3.05) is 23.7 Å². The van der Waals surface area contributed by atoms with Gasteiger partial charge >= 0.3 is 0 Å². The van der Waals surface area contributed by atoms with Crippen molar-refractivity contribution in [2.24, 2.45) is 5.41 Å². The molecule has 0 radical (unpaired) electrons. The number of hydrogen-bond donors (Lipinski definition) is 3. The highest BCUT2D eigenvalue weighted by atomic mass is 19.1. The van der Waals surface area contributed by atoms with E-state index in [-0.39, 0.29) is 11.5 Å². The smallest absolute Gasteiger partial charge is 0.162 e. The molecule has 1 unspecified atom stereocenters. The highest BCUT2D eigenvalue weighted by Gasteiger charge is 2.33. The van der Waals surface area contributed by atoms with Gasteiger partial charge in [0.25, 0.3) is 0 Å². The molecule has 1 saturated heterocycles. The van der Waals surface area contributed by atoms with Crippen molar-refractivity contribution in [3.8, 4) is 11.4 Å². The topological polar surface area (TPSA) is 101 Å². The minimum atomic E-state index is -0.394. The zero-order chi connectivity index (χ0) is 25.4. The molecule has 4 aromatic heterocycles. The first-order chi connectivity index (χ1) is 18.0. The van der Waals surface area contributed by atoms with Gasteiger partial charge in [-0.15, -0.1) is 0 Å². The normalized spacial score (nSPS) is 18.2. The maximum absolute atomic E-state index is 13.3. The SMILES string of the molecule is CC1(C)CNCCC1Nc1nc(-c2ccnc(Nc3ccc(F)cn3)c2)nc2cncc(C3=CC=C3)c12. The van der Waals surface area contributed by atoms with Crippen LogP contribution in [0.1, 0.15) is 25.8 Å². The summed E-state index contributed by atoms with van der Waals surface area (Å²) in [7, 11) is 0. The molecule has 1 atom stereocenters. The van der Waals surface area contributed by atoms with E-state index in [0.717, 1.165) is 59.1 Å². The molecular weight excluding hydrogens is 467 g/mol. The fraction of sp³-hybridized carbons (Fsp3) is 0.250. The molecule has 3 N–H and O–H groups in total. The molecule has 186 valence electrons. The van der Waals surface area contributed by atoms with Gasteiger partial charge in [0.1, 0.15) is 23.3 Å². The number of aromatic nitrogens is 5. The Hall–Kier alpha value is -4.24. The van der Waals surface area contributed by atoms with Gasteiger partial charge in [-0.2, -0.15) is 0 Å². The van der Waals surface area contributed by atoms with Crippen molar-refractivity contribution < 1.29 is 4.39 Å². The van der Waals surface area contributed by atoms with Crippen LogP contribution in [0.25, 0.3) is 27.9 Å². The van der Waals surface area contributed by atoms with E-state index in [0.29, 0.717) is 17.5 Å². The van der Waals surface area contributed by atoms with Crippen molar-refractivity contribution in [1.82, 2.24) is 30.2 Å². The van der Waals surface area contributed by atoms with Crippen molar-refractivity contribution in [1.29, 1.82) is 0 Å². The second kappa shape index (κ2) is 9.33.